The number of hydrogen-bond acceptors (Lipinski definition) is 3. The summed E-state index contributed by atoms with van der Waals surface area (Å²) < 4.78 is 0. The summed E-state index contributed by atoms with van der Waals surface area (Å²) in [4.78, 5) is 22.4. The van der Waals surface area contributed by atoms with E-state index in [1.54, 1.807) is 31.2 Å². The molecule has 0 aliphatic rings. The standard InChI is InChI=1S/C12H16N2O2/c1-2-12(16)14-9-8-13-10-6-4-3-5-7-11(10)15/h3-7H,2,8-9H2,1H3,(H,13,15)(H,14,16). The molecule has 1 aromatic carbocycles. The van der Waals surface area contributed by atoms with E-state index in [1.165, 1.54) is 6.07 Å². The minimum Gasteiger partial charge on any atom is -0.380 e. The second-order valence-corrected chi connectivity index (χ2v) is 3.32. The molecule has 0 saturated heterocycles. The molecule has 86 valence electrons. The molecule has 1 amide bonds. The van der Waals surface area contributed by atoms with Crippen LogP contribution in [0.2, 0.25) is 0 Å². The van der Waals surface area contributed by atoms with Crippen LogP contribution < -0.4 is 16.1 Å². The maximum atomic E-state index is 11.5. The number of carbonyl (C=O) groups excluding carboxylic acids is 1. The van der Waals surface area contributed by atoms with Crippen LogP contribution in [0.1, 0.15) is 13.3 Å². The van der Waals surface area contributed by atoms with Gasteiger partial charge in [0.25, 0.3) is 0 Å². The molecule has 0 aromatic heterocycles. The van der Waals surface area contributed by atoms with E-state index in [9.17, 15) is 9.59 Å². The van der Waals surface area contributed by atoms with Crippen LogP contribution in [0.25, 0.3) is 0 Å². The molecule has 1 rings (SSSR count). The zero-order chi connectivity index (χ0) is 11.8. The predicted molar refractivity (Wildman–Crippen MR) is 64.5 cm³/mol. The number of amides is 1. The molecule has 16 heavy (non-hydrogen) atoms. The Morgan fingerprint density at radius 1 is 1.19 bits per heavy atom. The Morgan fingerprint density at radius 3 is 2.69 bits per heavy atom. The fourth-order valence-corrected chi connectivity index (χ4v) is 1.20. The summed E-state index contributed by atoms with van der Waals surface area (Å²) in [6.07, 6.45) is 0.479. The third kappa shape index (κ3) is 4.13. The molecule has 0 unspecified atom stereocenters. The maximum Gasteiger partial charge on any atom is 0.219 e. The molecule has 0 heterocycles. The topological polar surface area (TPSA) is 58.2 Å². The van der Waals surface area contributed by atoms with Gasteiger partial charge in [-0.3, -0.25) is 9.59 Å². The second-order valence-electron chi connectivity index (χ2n) is 3.32. The van der Waals surface area contributed by atoms with Crippen molar-refractivity contribution >= 4 is 11.6 Å². The molecular formula is C12H16N2O2. The summed E-state index contributed by atoms with van der Waals surface area (Å²) in [7, 11) is 0. The van der Waals surface area contributed by atoms with Gasteiger partial charge < -0.3 is 10.6 Å². The zero-order valence-corrected chi connectivity index (χ0v) is 9.32. The van der Waals surface area contributed by atoms with E-state index in [1.807, 2.05) is 0 Å². The van der Waals surface area contributed by atoms with Crippen LogP contribution in [-0.4, -0.2) is 19.0 Å². The third-order valence-electron chi connectivity index (χ3n) is 2.08. The van der Waals surface area contributed by atoms with Crippen LogP contribution in [0.3, 0.4) is 0 Å². The van der Waals surface area contributed by atoms with Crippen molar-refractivity contribution < 1.29 is 4.79 Å². The van der Waals surface area contributed by atoms with Gasteiger partial charge in [0.2, 0.25) is 11.3 Å². The first-order valence-electron chi connectivity index (χ1n) is 5.34. The highest BCUT2D eigenvalue weighted by atomic mass is 16.1. The van der Waals surface area contributed by atoms with E-state index in [0.29, 0.717) is 25.2 Å². The van der Waals surface area contributed by atoms with E-state index in [0.717, 1.165) is 0 Å². The lowest BCUT2D eigenvalue weighted by Crippen LogP contribution is -2.28. The minimum atomic E-state index is -0.0492. The minimum absolute atomic E-state index is 0.0164. The summed E-state index contributed by atoms with van der Waals surface area (Å²) >= 11 is 0. The van der Waals surface area contributed by atoms with Crippen molar-refractivity contribution in [2.45, 2.75) is 13.3 Å². The van der Waals surface area contributed by atoms with Gasteiger partial charge in [-0.05, 0) is 12.1 Å². The fourth-order valence-electron chi connectivity index (χ4n) is 1.20. The molecule has 0 radical (unpaired) electrons. The first-order valence-corrected chi connectivity index (χ1v) is 5.34. The van der Waals surface area contributed by atoms with Gasteiger partial charge in [0.1, 0.15) is 0 Å². The molecule has 0 aliphatic heterocycles. The molecule has 0 fully saturated rings. The average molecular weight is 220 g/mol. The number of rotatable bonds is 5. The van der Waals surface area contributed by atoms with Gasteiger partial charge in [-0.25, -0.2) is 0 Å². The van der Waals surface area contributed by atoms with Crippen molar-refractivity contribution in [3.63, 3.8) is 0 Å². The lowest BCUT2D eigenvalue weighted by molar-refractivity contribution is -0.120. The van der Waals surface area contributed by atoms with Crippen LogP contribution in [0.4, 0.5) is 5.69 Å². The van der Waals surface area contributed by atoms with E-state index >= 15 is 0 Å². The highest BCUT2D eigenvalue weighted by Gasteiger charge is 1.96. The summed E-state index contributed by atoms with van der Waals surface area (Å²) in [6, 6.07) is 8.53. The monoisotopic (exact) mass is 220 g/mol. The Labute approximate surface area is 94.7 Å². The van der Waals surface area contributed by atoms with Crippen molar-refractivity contribution in [1.29, 1.82) is 0 Å². The van der Waals surface area contributed by atoms with Crippen molar-refractivity contribution in [2.24, 2.45) is 0 Å². The zero-order valence-electron chi connectivity index (χ0n) is 9.32. The Hall–Kier alpha value is -1.84. The van der Waals surface area contributed by atoms with Gasteiger partial charge in [0, 0.05) is 19.5 Å². The van der Waals surface area contributed by atoms with E-state index < -0.39 is 0 Å². The molecule has 4 nitrogen and oxygen atoms in total. The van der Waals surface area contributed by atoms with Crippen LogP contribution in [0.15, 0.2) is 35.1 Å². The highest BCUT2D eigenvalue weighted by Crippen LogP contribution is 1.95. The van der Waals surface area contributed by atoms with Crippen molar-refractivity contribution in [1.82, 2.24) is 5.32 Å². The lowest BCUT2D eigenvalue weighted by Gasteiger charge is -2.05. The number of anilines is 1. The van der Waals surface area contributed by atoms with Gasteiger partial charge in [-0.2, -0.15) is 0 Å². The fraction of sp³-hybridized carbons (Fsp3) is 0.333. The van der Waals surface area contributed by atoms with Crippen LogP contribution in [0.5, 0.6) is 0 Å². The van der Waals surface area contributed by atoms with E-state index in [-0.39, 0.29) is 11.3 Å². The van der Waals surface area contributed by atoms with Gasteiger partial charge in [-0.1, -0.05) is 25.1 Å². The van der Waals surface area contributed by atoms with Gasteiger partial charge in [0.15, 0.2) is 0 Å². The molecule has 0 atom stereocenters. The largest absolute Gasteiger partial charge is 0.380 e. The van der Waals surface area contributed by atoms with Gasteiger partial charge in [0.05, 0.1) is 5.69 Å². The lowest BCUT2D eigenvalue weighted by atomic mass is 10.4. The normalized spacial score (nSPS) is 9.56. The predicted octanol–water partition coefficient (Wildman–Crippen LogP) is 0.985. The van der Waals surface area contributed by atoms with Crippen molar-refractivity contribution in [3.8, 4) is 0 Å². The highest BCUT2D eigenvalue weighted by molar-refractivity contribution is 5.75. The molecule has 0 saturated carbocycles. The van der Waals surface area contributed by atoms with E-state index in [4.69, 9.17) is 0 Å². The Kier molecular flexibility index (Phi) is 5.05. The second kappa shape index (κ2) is 6.61. The number of nitrogens with one attached hydrogen (secondary N) is 2. The van der Waals surface area contributed by atoms with Crippen LogP contribution in [0, 0.1) is 0 Å². The summed E-state index contributed by atoms with van der Waals surface area (Å²) in [6.45, 7) is 2.87. The molecule has 0 bridgehead atoms. The third-order valence-corrected chi connectivity index (χ3v) is 2.08. The maximum absolute atomic E-state index is 11.5. The molecule has 0 spiro atoms. The van der Waals surface area contributed by atoms with E-state index in [2.05, 4.69) is 10.6 Å². The SMILES string of the molecule is CCC(=O)NCCNc1cccccc1=O. The number of hydrogen-bond donors (Lipinski definition) is 2. The van der Waals surface area contributed by atoms with Gasteiger partial charge in [-0.15, -0.1) is 0 Å². The quantitative estimate of drug-likeness (QED) is 0.727. The smallest absolute Gasteiger partial charge is 0.219 e. The Bertz CT molecular complexity index is 404. The molecular weight excluding hydrogens is 204 g/mol. The summed E-state index contributed by atoms with van der Waals surface area (Å²) in [5.74, 6) is 0.0164. The Balaban J connectivity index is 2.41. The molecule has 2 N–H and O–H groups in total. The molecule has 1 aromatic rings. The summed E-state index contributed by atoms with van der Waals surface area (Å²) in [5.41, 5.74) is 0.502. The van der Waals surface area contributed by atoms with Crippen molar-refractivity contribution in [3.05, 3.63) is 40.6 Å². The molecule has 4 heteroatoms. The first kappa shape index (κ1) is 12.2. The van der Waals surface area contributed by atoms with Crippen LogP contribution >= 0.6 is 0 Å². The van der Waals surface area contributed by atoms with Gasteiger partial charge >= 0.3 is 0 Å². The molecule has 0 aliphatic carbocycles. The summed E-state index contributed by atoms with van der Waals surface area (Å²) in [5, 5.41) is 5.71. The number of carbonyl (C=O) groups is 1. The Morgan fingerprint density at radius 2 is 1.94 bits per heavy atom. The first-order chi connectivity index (χ1) is 7.74. The average Bonchev–Trinajstić information content (AvgIpc) is 2.49. The van der Waals surface area contributed by atoms with Crippen LogP contribution in [-0.2, 0) is 4.79 Å². The van der Waals surface area contributed by atoms with Crippen molar-refractivity contribution in [2.75, 3.05) is 18.4 Å².